The largest absolute Gasteiger partial charge is 0.744 e. The lowest BCUT2D eigenvalue weighted by Gasteiger charge is -2.35. The Morgan fingerprint density at radius 2 is 0.705 bits per heavy atom. The molecule has 0 fully saturated rings. The van der Waals surface area contributed by atoms with E-state index in [0.29, 0.717) is 11.1 Å². The minimum absolute atomic E-state index is 0.347. The standard InChI is InChI=1S/C12H10O6S2.2C11H26N/c13-19(14,15)11-5-1-9(2-6-11)10-3-7-12(8-4-10)20(16,17)18;2*1-5-9-10-11-12(6-2,7-3)8-4/h1-8H,(H,13,14,15)(H,16,17,18);2*5-11H2,1-4H3/q;2*+1/p-2. The lowest BCUT2D eigenvalue weighted by molar-refractivity contribution is -0.923. The summed E-state index contributed by atoms with van der Waals surface area (Å²) in [4.78, 5) is -0.694. The van der Waals surface area contributed by atoms with Crippen molar-refractivity contribution in [2.45, 2.75) is 104 Å². The van der Waals surface area contributed by atoms with Gasteiger partial charge in [0.15, 0.2) is 0 Å². The SMILES string of the molecule is CCCCC[N+](CC)(CC)CC.CCCCC[N+](CC)(CC)CC.O=S(=O)([O-])c1ccc(-c2ccc(S(=O)(=O)[O-])cc2)cc1. The summed E-state index contributed by atoms with van der Waals surface area (Å²) in [6.45, 7) is 29.0. The van der Waals surface area contributed by atoms with Crippen molar-refractivity contribution in [3.05, 3.63) is 48.5 Å². The number of hydrogen-bond donors (Lipinski definition) is 0. The van der Waals surface area contributed by atoms with Gasteiger partial charge in [0, 0.05) is 0 Å². The lowest BCUT2D eigenvalue weighted by Crippen LogP contribution is -2.48. The van der Waals surface area contributed by atoms with Crippen LogP contribution in [0.4, 0.5) is 0 Å². The highest BCUT2D eigenvalue weighted by Gasteiger charge is 2.20. The summed E-state index contributed by atoms with van der Waals surface area (Å²) in [6, 6.07) is 10.3. The summed E-state index contributed by atoms with van der Waals surface area (Å²) in [7, 11) is -9.00. The molecule has 0 aliphatic carbocycles. The van der Waals surface area contributed by atoms with E-state index in [0.717, 1.165) is 24.3 Å². The van der Waals surface area contributed by atoms with E-state index in [1.807, 2.05) is 0 Å². The summed E-state index contributed by atoms with van der Waals surface area (Å²) in [5.41, 5.74) is 1.18. The topological polar surface area (TPSA) is 114 Å². The second-order valence-corrected chi connectivity index (χ2v) is 14.2. The molecule has 2 aromatic rings. The van der Waals surface area contributed by atoms with Gasteiger partial charge in [-0.1, -0.05) is 51.0 Å². The third kappa shape index (κ3) is 15.0. The predicted octanol–water partition coefficient (Wildman–Crippen LogP) is 7.27. The zero-order valence-electron chi connectivity index (χ0n) is 28.7. The Labute approximate surface area is 270 Å². The first kappa shape index (κ1) is 42.2. The van der Waals surface area contributed by atoms with Gasteiger partial charge in [-0.2, -0.15) is 0 Å². The fourth-order valence-corrected chi connectivity index (χ4v) is 6.25. The number of quaternary nitrogens is 2. The summed E-state index contributed by atoms with van der Waals surface area (Å²) in [5.74, 6) is 0. The molecule has 0 saturated heterocycles. The first-order valence-corrected chi connectivity index (χ1v) is 19.3. The van der Waals surface area contributed by atoms with Gasteiger partial charge in [-0.3, -0.25) is 0 Å². The van der Waals surface area contributed by atoms with E-state index in [1.54, 1.807) is 0 Å². The molecule has 2 aromatic carbocycles. The van der Waals surface area contributed by atoms with Crippen molar-refractivity contribution in [3.63, 3.8) is 0 Å². The van der Waals surface area contributed by atoms with E-state index in [9.17, 15) is 25.9 Å². The predicted molar refractivity (Wildman–Crippen MR) is 180 cm³/mol. The fraction of sp³-hybridized carbons (Fsp3) is 0.647. The Bertz CT molecular complexity index is 1120. The first-order valence-electron chi connectivity index (χ1n) is 16.5. The third-order valence-corrected chi connectivity index (χ3v) is 10.8. The Morgan fingerprint density at radius 1 is 0.455 bits per heavy atom. The average Bonchev–Trinajstić information content (AvgIpc) is 3.02. The van der Waals surface area contributed by atoms with Gasteiger partial charge in [0.25, 0.3) is 0 Å². The normalized spacial score (nSPS) is 12.1. The van der Waals surface area contributed by atoms with Gasteiger partial charge in [0.1, 0.15) is 20.2 Å². The molecule has 0 spiro atoms. The Kier molecular flexibility index (Phi) is 20.2. The van der Waals surface area contributed by atoms with Gasteiger partial charge in [-0.15, -0.1) is 0 Å². The molecule has 2 rings (SSSR count). The molecule has 10 heteroatoms. The first-order chi connectivity index (χ1) is 20.7. The molecule has 0 bridgehead atoms. The van der Waals surface area contributed by atoms with E-state index in [-0.39, 0.29) is 9.79 Å². The fourth-order valence-electron chi connectivity index (χ4n) is 5.31. The van der Waals surface area contributed by atoms with E-state index in [2.05, 4.69) is 55.4 Å². The molecule has 0 atom stereocenters. The van der Waals surface area contributed by atoms with Crippen LogP contribution in [0.25, 0.3) is 11.1 Å². The molecule has 44 heavy (non-hydrogen) atoms. The van der Waals surface area contributed by atoms with Crippen molar-refractivity contribution in [3.8, 4) is 11.1 Å². The molecule has 0 saturated carbocycles. The highest BCUT2D eigenvalue weighted by atomic mass is 32.2. The Hall–Kier alpha value is -1.82. The lowest BCUT2D eigenvalue weighted by atomic mass is 10.1. The van der Waals surface area contributed by atoms with E-state index < -0.39 is 20.2 Å². The van der Waals surface area contributed by atoms with Crippen LogP contribution in [0.2, 0.25) is 0 Å². The van der Waals surface area contributed by atoms with E-state index in [4.69, 9.17) is 0 Å². The molecule has 0 heterocycles. The molecule has 0 radical (unpaired) electrons. The van der Waals surface area contributed by atoms with Gasteiger partial charge in [-0.05, 0) is 103 Å². The molecule has 0 N–H and O–H groups in total. The van der Waals surface area contributed by atoms with Crippen molar-refractivity contribution >= 4 is 20.2 Å². The second kappa shape index (κ2) is 21.1. The highest BCUT2D eigenvalue weighted by molar-refractivity contribution is 7.86. The minimum Gasteiger partial charge on any atom is -0.744 e. The highest BCUT2D eigenvalue weighted by Crippen LogP contribution is 2.23. The maximum atomic E-state index is 10.8. The molecule has 8 nitrogen and oxygen atoms in total. The molecule has 0 unspecified atom stereocenters. The van der Waals surface area contributed by atoms with Crippen molar-refractivity contribution in [2.75, 3.05) is 52.4 Å². The molecule has 0 aromatic heterocycles. The third-order valence-electron chi connectivity index (χ3n) is 9.12. The van der Waals surface area contributed by atoms with Gasteiger partial charge >= 0.3 is 0 Å². The number of benzene rings is 2. The maximum Gasteiger partial charge on any atom is 0.124 e. The summed E-state index contributed by atoms with van der Waals surface area (Å²) in [6.07, 6.45) is 8.31. The van der Waals surface area contributed by atoms with Crippen molar-refractivity contribution < 1.29 is 34.9 Å². The number of rotatable bonds is 17. The van der Waals surface area contributed by atoms with Gasteiger partial charge in [0.2, 0.25) is 0 Å². The minimum atomic E-state index is -4.50. The van der Waals surface area contributed by atoms with Crippen LogP contribution in [-0.4, -0.2) is 87.3 Å². The Morgan fingerprint density at radius 3 is 0.886 bits per heavy atom. The molecule has 0 aliphatic rings. The smallest absolute Gasteiger partial charge is 0.124 e. The van der Waals surface area contributed by atoms with Gasteiger partial charge < -0.3 is 18.1 Å². The van der Waals surface area contributed by atoms with Crippen LogP contribution >= 0.6 is 0 Å². The zero-order chi connectivity index (χ0) is 33.9. The quantitative estimate of drug-likeness (QED) is 0.101. The van der Waals surface area contributed by atoms with Crippen LogP contribution in [0.1, 0.15) is 93.9 Å². The molecule has 0 amide bonds. The van der Waals surface area contributed by atoms with Crippen molar-refractivity contribution in [1.82, 2.24) is 0 Å². The van der Waals surface area contributed by atoms with E-state index in [1.165, 1.54) is 124 Å². The van der Waals surface area contributed by atoms with Crippen LogP contribution in [0.5, 0.6) is 0 Å². The van der Waals surface area contributed by atoms with Gasteiger partial charge in [0.05, 0.1) is 62.1 Å². The number of hydrogen-bond acceptors (Lipinski definition) is 6. The molecule has 0 aliphatic heterocycles. The van der Waals surface area contributed by atoms with Gasteiger partial charge in [-0.25, -0.2) is 16.8 Å². The van der Waals surface area contributed by atoms with Crippen LogP contribution in [0, 0.1) is 0 Å². The monoisotopic (exact) mass is 656 g/mol. The Balaban J connectivity index is 0.000000672. The summed E-state index contributed by atoms with van der Waals surface area (Å²) in [5, 5.41) is 0. The zero-order valence-corrected chi connectivity index (χ0v) is 30.3. The van der Waals surface area contributed by atoms with Crippen molar-refractivity contribution in [2.24, 2.45) is 0 Å². The second-order valence-electron chi connectivity index (χ2n) is 11.4. The maximum absolute atomic E-state index is 10.8. The van der Waals surface area contributed by atoms with E-state index >= 15 is 0 Å². The van der Waals surface area contributed by atoms with Crippen LogP contribution < -0.4 is 0 Å². The summed E-state index contributed by atoms with van der Waals surface area (Å²) >= 11 is 0. The summed E-state index contributed by atoms with van der Waals surface area (Å²) < 4.78 is 67.3. The molecular weight excluding hydrogens is 597 g/mol. The van der Waals surface area contributed by atoms with Crippen molar-refractivity contribution in [1.29, 1.82) is 0 Å². The van der Waals surface area contributed by atoms with Crippen LogP contribution in [-0.2, 0) is 20.2 Å². The number of unbranched alkanes of at least 4 members (excludes halogenated alkanes) is 4. The molecule has 254 valence electrons. The average molecular weight is 657 g/mol. The molecular formula is C34H60N2O6S2. The number of nitrogens with zero attached hydrogens (tertiary/aromatic N) is 2. The van der Waals surface area contributed by atoms with Crippen LogP contribution in [0.3, 0.4) is 0 Å². The van der Waals surface area contributed by atoms with Crippen LogP contribution in [0.15, 0.2) is 58.3 Å².